The van der Waals surface area contributed by atoms with Gasteiger partial charge in [0.1, 0.15) is 17.9 Å². The van der Waals surface area contributed by atoms with Gasteiger partial charge in [-0.1, -0.05) is 11.6 Å². The number of nitrogen functional groups attached to an aromatic ring is 1. The summed E-state index contributed by atoms with van der Waals surface area (Å²) < 4.78 is 15.0. The lowest BCUT2D eigenvalue weighted by Crippen LogP contribution is -2.42. The van der Waals surface area contributed by atoms with Crippen LogP contribution in [0.1, 0.15) is 25.0 Å². The predicted molar refractivity (Wildman–Crippen MR) is 116 cm³/mol. The number of cyclic esters (lactones) is 2. The number of nitrogens with zero attached hydrogens (tertiary/aromatic N) is 2. The molecule has 0 radical (unpaired) electrons. The van der Waals surface area contributed by atoms with Crippen LogP contribution in [0.2, 0.25) is 5.02 Å². The maximum Gasteiger partial charge on any atom is 0.350 e. The Morgan fingerprint density at radius 2 is 1.66 bits per heavy atom. The van der Waals surface area contributed by atoms with Crippen LogP contribution in [0.5, 0.6) is 5.75 Å². The molecule has 1 fully saturated rings. The summed E-state index contributed by atoms with van der Waals surface area (Å²) in [7, 11) is 1.44. The largest absolute Gasteiger partial charge is 0.495 e. The Labute approximate surface area is 189 Å². The first-order chi connectivity index (χ1) is 15.1. The van der Waals surface area contributed by atoms with E-state index in [4.69, 9.17) is 42.1 Å². The van der Waals surface area contributed by atoms with Gasteiger partial charge in [0.25, 0.3) is 5.79 Å². The molecule has 0 bridgehead atoms. The van der Waals surface area contributed by atoms with Gasteiger partial charge < -0.3 is 25.3 Å². The minimum Gasteiger partial charge on any atom is -0.495 e. The van der Waals surface area contributed by atoms with Crippen LogP contribution >= 0.6 is 11.6 Å². The van der Waals surface area contributed by atoms with E-state index in [-0.39, 0.29) is 5.57 Å². The molecule has 0 spiro atoms. The Kier molecular flexibility index (Phi) is 7.67. The molecule has 3 rings (SSSR count). The number of nitrogens with two attached hydrogens (primary N) is 1. The third-order valence-electron chi connectivity index (χ3n) is 3.94. The second-order valence-corrected chi connectivity index (χ2v) is 7.17. The number of rotatable bonds is 3. The van der Waals surface area contributed by atoms with Gasteiger partial charge in [0.05, 0.1) is 23.3 Å². The minimum atomic E-state index is -1.27. The third-order valence-corrected chi connectivity index (χ3v) is 4.25. The summed E-state index contributed by atoms with van der Waals surface area (Å²) >= 11 is 5.63. The fraction of sp³-hybridized carbons (Fsp3) is 0.182. The second kappa shape index (κ2) is 10.2. The number of ether oxygens (including phenoxy) is 3. The summed E-state index contributed by atoms with van der Waals surface area (Å²) in [4.78, 5) is 23.5. The van der Waals surface area contributed by atoms with Crippen molar-refractivity contribution in [3.8, 4) is 17.9 Å². The second-order valence-electron chi connectivity index (χ2n) is 6.76. The lowest BCUT2D eigenvalue weighted by molar-refractivity contribution is -0.222. The van der Waals surface area contributed by atoms with Crippen molar-refractivity contribution in [2.75, 3.05) is 18.2 Å². The molecule has 3 N–H and O–H groups in total. The molecule has 1 saturated heterocycles. The van der Waals surface area contributed by atoms with Gasteiger partial charge >= 0.3 is 11.9 Å². The molecule has 0 amide bonds. The highest BCUT2D eigenvalue weighted by Gasteiger charge is 2.38. The number of esters is 2. The van der Waals surface area contributed by atoms with Crippen molar-refractivity contribution in [1.82, 2.24) is 0 Å². The van der Waals surface area contributed by atoms with E-state index >= 15 is 0 Å². The van der Waals surface area contributed by atoms with Crippen LogP contribution in [0.3, 0.4) is 0 Å². The Balaban J connectivity index is 0.000000303. The van der Waals surface area contributed by atoms with E-state index in [9.17, 15) is 9.59 Å². The fourth-order valence-corrected chi connectivity index (χ4v) is 2.66. The van der Waals surface area contributed by atoms with Crippen molar-refractivity contribution in [2.24, 2.45) is 0 Å². The molecule has 9 nitrogen and oxygen atoms in total. The van der Waals surface area contributed by atoms with Gasteiger partial charge in [0, 0.05) is 37.5 Å². The number of benzene rings is 2. The molecule has 10 heteroatoms. The molecule has 2 aromatic rings. The number of hydrogen-bond acceptors (Lipinski definition) is 9. The van der Waals surface area contributed by atoms with Gasteiger partial charge in [-0.2, -0.15) is 10.5 Å². The number of anilines is 2. The molecule has 2 aromatic carbocycles. The standard InChI is InChI=1S/C15H14N2O5.C7H5ClN2/c1-15(2)21-13(18)11(14(19)22-15)8-17-10-5-4-9(7-16)12(6-10)20-3;8-7-3-6(10)2-1-5(7)4-9/h4-6,8,17H,1-3H3;1-3H,10H2. The van der Waals surface area contributed by atoms with Crippen molar-refractivity contribution in [1.29, 1.82) is 10.5 Å². The summed E-state index contributed by atoms with van der Waals surface area (Å²) in [6.07, 6.45) is 1.20. The molecular weight excluding hydrogens is 436 g/mol. The van der Waals surface area contributed by atoms with Crippen LogP contribution in [-0.2, 0) is 19.1 Å². The summed E-state index contributed by atoms with van der Waals surface area (Å²) in [5.41, 5.74) is 7.08. The van der Waals surface area contributed by atoms with Crippen LogP contribution < -0.4 is 15.8 Å². The van der Waals surface area contributed by atoms with E-state index < -0.39 is 17.7 Å². The van der Waals surface area contributed by atoms with E-state index in [1.165, 1.54) is 27.2 Å². The van der Waals surface area contributed by atoms with Crippen molar-refractivity contribution >= 4 is 34.9 Å². The van der Waals surface area contributed by atoms with Crippen molar-refractivity contribution < 1.29 is 23.8 Å². The Morgan fingerprint density at radius 1 is 1.06 bits per heavy atom. The maximum atomic E-state index is 11.8. The zero-order valence-corrected chi connectivity index (χ0v) is 18.2. The highest BCUT2D eigenvalue weighted by atomic mass is 35.5. The fourth-order valence-electron chi connectivity index (χ4n) is 2.43. The number of nitrogens with one attached hydrogen (secondary N) is 1. The lowest BCUT2D eigenvalue weighted by atomic mass is 10.2. The first-order valence-electron chi connectivity index (χ1n) is 9.07. The molecule has 1 aliphatic rings. The Hall–Kier alpha value is -4.21. The van der Waals surface area contributed by atoms with Crippen LogP contribution in [0.4, 0.5) is 11.4 Å². The highest BCUT2D eigenvalue weighted by molar-refractivity contribution is 6.32. The van der Waals surface area contributed by atoms with Gasteiger partial charge in [-0.05, 0) is 30.3 Å². The number of hydrogen-bond donors (Lipinski definition) is 2. The number of carbonyl (C=O) groups excluding carboxylic acids is 2. The molecule has 0 unspecified atom stereocenters. The van der Waals surface area contributed by atoms with Gasteiger partial charge in [0.2, 0.25) is 0 Å². The Morgan fingerprint density at radius 3 is 2.19 bits per heavy atom. The number of halogens is 1. The quantitative estimate of drug-likeness (QED) is 0.307. The van der Waals surface area contributed by atoms with Gasteiger partial charge in [-0.3, -0.25) is 0 Å². The monoisotopic (exact) mass is 454 g/mol. The normalized spacial score (nSPS) is 13.9. The van der Waals surface area contributed by atoms with Crippen molar-refractivity contribution in [2.45, 2.75) is 19.6 Å². The zero-order valence-electron chi connectivity index (χ0n) is 17.4. The molecule has 0 aromatic heterocycles. The van der Waals surface area contributed by atoms with Gasteiger partial charge in [-0.25, -0.2) is 9.59 Å². The third kappa shape index (κ3) is 6.14. The summed E-state index contributed by atoms with van der Waals surface area (Å²) in [5, 5.41) is 20.5. The van der Waals surface area contributed by atoms with Gasteiger partial charge in [0.15, 0.2) is 5.57 Å². The maximum absolute atomic E-state index is 11.8. The van der Waals surface area contributed by atoms with Crippen LogP contribution in [0, 0.1) is 22.7 Å². The topological polar surface area (TPSA) is 147 Å². The van der Waals surface area contributed by atoms with Crippen LogP contribution in [-0.4, -0.2) is 24.8 Å². The van der Waals surface area contributed by atoms with Crippen molar-refractivity contribution in [3.05, 3.63) is 64.3 Å². The van der Waals surface area contributed by atoms with Crippen molar-refractivity contribution in [3.63, 3.8) is 0 Å². The van der Waals surface area contributed by atoms with E-state index in [1.807, 2.05) is 12.1 Å². The summed E-state index contributed by atoms with van der Waals surface area (Å²) in [5.74, 6) is -2.44. The first kappa shape index (κ1) is 24.1. The smallest absolute Gasteiger partial charge is 0.350 e. The zero-order chi connectivity index (χ0) is 23.9. The number of methoxy groups -OCH3 is 1. The average Bonchev–Trinajstić information content (AvgIpc) is 2.72. The molecular formula is C22H19ClN4O5. The van der Waals surface area contributed by atoms with E-state index in [0.717, 1.165) is 0 Å². The van der Waals surface area contributed by atoms with Crippen LogP contribution in [0.15, 0.2) is 48.2 Å². The molecule has 1 aliphatic heterocycles. The Bertz CT molecular complexity index is 1140. The molecule has 1 heterocycles. The van der Waals surface area contributed by atoms with E-state index in [0.29, 0.717) is 33.3 Å². The molecule has 0 atom stereocenters. The van der Waals surface area contributed by atoms with Crippen LogP contribution in [0.25, 0.3) is 0 Å². The van der Waals surface area contributed by atoms with E-state index in [1.54, 1.807) is 36.4 Å². The number of carbonyl (C=O) groups is 2. The SMILES string of the molecule is COc1cc(NC=C2C(=O)OC(C)(C)OC2=O)ccc1C#N.N#Cc1ccc(N)cc1Cl. The predicted octanol–water partition coefficient (Wildman–Crippen LogP) is 3.49. The number of nitriles is 2. The summed E-state index contributed by atoms with van der Waals surface area (Å²) in [6, 6.07) is 13.5. The summed E-state index contributed by atoms with van der Waals surface area (Å²) in [6.45, 7) is 2.94. The molecule has 32 heavy (non-hydrogen) atoms. The van der Waals surface area contributed by atoms with E-state index in [2.05, 4.69) is 5.32 Å². The first-order valence-corrected chi connectivity index (χ1v) is 9.44. The lowest BCUT2D eigenvalue weighted by Gasteiger charge is -2.29. The highest BCUT2D eigenvalue weighted by Crippen LogP contribution is 2.25. The minimum absolute atomic E-state index is 0.248. The molecule has 164 valence electrons. The average molecular weight is 455 g/mol. The van der Waals surface area contributed by atoms with Gasteiger partial charge in [-0.15, -0.1) is 0 Å². The molecule has 0 aliphatic carbocycles. The molecule has 0 saturated carbocycles.